The van der Waals surface area contributed by atoms with Gasteiger partial charge in [0, 0.05) is 14.1 Å². The fourth-order valence-corrected chi connectivity index (χ4v) is 1.34. The molecule has 16 heavy (non-hydrogen) atoms. The van der Waals surface area contributed by atoms with Crippen molar-refractivity contribution < 1.29 is 4.42 Å². The molecule has 0 aliphatic heterocycles. The first-order valence-electron chi connectivity index (χ1n) is 4.99. The van der Waals surface area contributed by atoms with Gasteiger partial charge >= 0.3 is 6.01 Å². The van der Waals surface area contributed by atoms with E-state index >= 15 is 0 Å². The van der Waals surface area contributed by atoms with Gasteiger partial charge in [0.25, 0.3) is 0 Å². The third-order valence-electron chi connectivity index (χ3n) is 2.24. The van der Waals surface area contributed by atoms with Crippen LogP contribution < -0.4 is 10.6 Å². The van der Waals surface area contributed by atoms with E-state index in [0.717, 1.165) is 5.56 Å². The monoisotopic (exact) mass is 218 g/mol. The SMILES string of the molecule is CN(C)c1nnc(C(N)c2ccccc2)o1. The van der Waals surface area contributed by atoms with Gasteiger partial charge < -0.3 is 15.1 Å². The van der Waals surface area contributed by atoms with Gasteiger partial charge in [0.05, 0.1) is 0 Å². The van der Waals surface area contributed by atoms with Crippen LogP contribution in [0.1, 0.15) is 17.5 Å². The van der Waals surface area contributed by atoms with Crippen molar-refractivity contribution in [2.75, 3.05) is 19.0 Å². The lowest BCUT2D eigenvalue weighted by atomic mass is 10.1. The van der Waals surface area contributed by atoms with Crippen LogP contribution in [0.4, 0.5) is 6.01 Å². The molecule has 2 N–H and O–H groups in total. The highest BCUT2D eigenvalue weighted by molar-refractivity contribution is 5.25. The largest absolute Gasteiger partial charge is 0.406 e. The molecule has 5 nitrogen and oxygen atoms in total. The molecule has 0 amide bonds. The summed E-state index contributed by atoms with van der Waals surface area (Å²) in [5.74, 6) is 0.426. The van der Waals surface area contributed by atoms with Gasteiger partial charge in [-0.25, -0.2) is 0 Å². The maximum Gasteiger partial charge on any atom is 0.317 e. The quantitative estimate of drug-likeness (QED) is 0.837. The summed E-state index contributed by atoms with van der Waals surface area (Å²) in [6.07, 6.45) is 0. The molecular formula is C11H14N4O. The first-order chi connectivity index (χ1) is 7.68. The maximum absolute atomic E-state index is 6.02. The first-order valence-corrected chi connectivity index (χ1v) is 4.99. The lowest BCUT2D eigenvalue weighted by Crippen LogP contribution is -2.12. The highest BCUT2D eigenvalue weighted by atomic mass is 16.4. The Kier molecular flexibility index (Phi) is 2.87. The van der Waals surface area contributed by atoms with Gasteiger partial charge in [-0.05, 0) is 5.56 Å². The van der Waals surface area contributed by atoms with Gasteiger partial charge in [0.1, 0.15) is 6.04 Å². The van der Waals surface area contributed by atoms with Crippen LogP contribution in [0.2, 0.25) is 0 Å². The Morgan fingerprint density at radius 1 is 1.19 bits per heavy atom. The molecule has 0 saturated heterocycles. The van der Waals surface area contributed by atoms with Gasteiger partial charge in [-0.15, -0.1) is 5.10 Å². The van der Waals surface area contributed by atoms with E-state index in [-0.39, 0.29) is 6.04 Å². The van der Waals surface area contributed by atoms with Gasteiger partial charge in [-0.3, -0.25) is 0 Å². The average Bonchev–Trinajstić information content (AvgIpc) is 2.78. The van der Waals surface area contributed by atoms with E-state index in [0.29, 0.717) is 11.9 Å². The molecule has 84 valence electrons. The van der Waals surface area contributed by atoms with Crippen LogP contribution in [0, 0.1) is 0 Å². The van der Waals surface area contributed by atoms with Crippen LogP contribution in [0.5, 0.6) is 0 Å². The molecular weight excluding hydrogens is 204 g/mol. The Hall–Kier alpha value is -1.88. The van der Waals surface area contributed by atoms with E-state index in [4.69, 9.17) is 10.2 Å². The molecule has 0 radical (unpaired) electrons. The van der Waals surface area contributed by atoms with Crippen molar-refractivity contribution >= 4 is 6.01 Å². The zero-order chi connectivity index (χ0) is 11.5. The number of rotatable bonds is 3. The highest BCUT2D eigenvalue weighted by Gasteiger charge is 2.16. The molecule has 0 spiro atoms. The summed E-state index contributed by atoms with van der Waals surface area (Å²) in [5, 5.41) is 7.82. The van der Waals surface area contributed by atoms with E-state index < -0.39 is 0 Å². The molecule has 1 aromatic carbocycles. The molecule has 2 rings (SSSR count). The van der Waals surface area contributed by atoms with Crippen LogP contribution >= 0.6 is 0 Å². The number of nitrogens with two attached hydrogens (primary N) is 1. The van der Waals surface area contributed by atoms with Gasteiger partial charge in [-0.1, -0.05) is 35.4 Å². The van der Waals surface area contributed by atoms with E-state index in [9.17, 15) is 0 Å². The number of benzene rings is 1. The van der Waals surface area contributed by atoms with Crippen molar-refractivity contribution in [3.63, 3.8) is 0 Å². The van der Waals surface area contributed by atoms with Crippen LogP contribution in [-0.4, -0.2) is 24.3 Å². The maximum atomic E-state index is 6.02. The Labute approximate surface area is 93.9 Å². The molecule has 0 bridgehead atoms. The van der Waals surface area contributed by atoms with Crippen molar-refractivity contribution in [1.29, 1.82) is 0 Å². The number of hydrogen-bond donors (Lipinski definition) is 1. The molecule has 0 fully saturated rings. The molecule has 1 unspecified atom stereocenters. The van der Waals surface area contributed by atoms with Gasteiger partial charge in [-0.2, -0.15) is 0 Å². The van der Waals surface area contributed by atoms with E-state index in [1.807, 2.05) is 44.4 Å². The molecule has 0 aliphatic rings. The van der Waals surface area contributed by atoms with E-state index in [1.165, 1.54) is 0 Å². The van der Waals surface area contributed by atoms with Crippen LogP contribution in [0.15, 0.2) is 34.7 Å². The zero-order valence-electron chi connectivity index (χ0n) is 9.29. The molecule has 1 atom stereocenters. The average molecular weight is 218 g/mol. The Balaban J connectivity index is 2.24. The summed E-state index contributed by atoms with van der Waals surface area (Å²) in [6.45, 7) is 0. The molecule has 0 saturated carbocycles. The Morgan fingerprint density at radius 3 is 2.44 bits per heavy atom. The standard InChI is InChI=1S/C11H14N4O/c1-15(2)11-14-13-10(16-11)9(12)8-6-4-3-5-7-8/h3-7,9H,12H2,1-2H3. The van der Waals surface area contributed by atoms with Crippen LogP contribution in [-0.2, 0) is 0 Å². The lowest BCUT2D eigenvalue weighted by Gasteiger charge is -2.07. The van der Waals surface area contributed by atoms with Crippen molar-refractivity contribution in [2.24, 2.45) is 5.73 Å². The molecule has 1 aromatic heterocycles. The summed E-state index contributed by atoms with van der Waals surface area (Å²) in [7, 11) is 3.68. The summed E-state index contributed by atoms with van der Waals surface area (Å²) in [5.41, 5.74) is 6.97. The van der Waals surface area contributed by atoms with Crippen LogP contribution in [0.3, 0.4) is 0 Å². The number of nitrogens with zero attached hydrogens (tertiary/aromatic N) is 3. The minimum absolute atomic E-state index is 0.373. The fraction of sp³-hybridized carbons (Fsp3) is 0.273. The third kappa shape index (κ3) is 2.04. The van der Waals surface area contributed by atoms with E-state index in [2.05, 4.69) is 10.2 Å². The van der Waals surface area contributed by atoms with Crippen molar-refractivity contribution in [2.45, 2.75) is 6.04 Å². The molecule has 5 heteroatoms. The number of aromatic nitrogens is 2. The fourth-order valence-electron chi connectivity index (χ4n) is 1.34. The second-order valence-corrected chi connectivity index (χ2v) is 3.71. The molecule has 1 heterocycles. The normalized spacial score (nSPS) is 12.4. The topological polar surface area (TPSA) is 68.2 Å². The number of hydrogen-bond acceptors (Lipinski definition) is 5. The third-order valence-corrected chi connectivity index (χ3v) is 2.24. The molecule has 2 aromatic rings. The van der Waals surface area contributed by atoms with Gasteiger partial charge in [0.2, 0.25) is 5.89 Å². The summed E-state index contributed by atoms with van der Waals surface area (Å²) < 4.78 is 5.44. The van der Waals surface area contributed by atoms with Crippen molar-refractivity contribution in [1.82, 2.24) is 10.2 Å². The Morgan fingerprint density at radius 2 is 1.88 bits per heavy atom. The second kappa shape index (κ2) is 4.32. The summed E-state index contributed by atoms with van der Waals surface area (Å²) in [6, 6.07) is 9.75. The minimum Gasteiger partial charge on any atom is -0.406 e. The second-order valence-electron chi connectivity index (χ2n) is 3.71. The predicted molar refractivity (Wildman–Crippen MR) is 61.1 cm³/mol. The minimum atomic E-state index is -0.373. The zero-order valence-corrected chi connectivity index (χ0v) is 9.29. The van der Waals surface area contributed by atoms with Crippen molar-refractivity contribution in [3.05, 3.63) is 41.8 Å². The van der Waals surface area contributed by atoms with Crippen LogP contribution in [0.25, 0.3) is 0 Å². The Bertz CT molecular complexity index is 452. The number of anilines is 1. The molecule has 0 aliphatic carbocycles. The summed E-state index contributed by atoms with van der Waals surface area (Å²) in [4.78, 5) is 1.74. The van der Waals surface area contributed by atoms with E-state index in [1.54, 1.807) is 4.90 Å². The van der Waals surface area contributed by atoms with Crippen molar-refractivity contribution in [3.8, 4) is 0 Å². The van der Waals surface area contributed by atoms with Gasteiger partial charge in [0.15, 0.2) is 0 Å². The smallest absolute Gasteiger partial charge is 0.317 e. The first kappa shape index (κ1) is 10.6. The predicted octanol–water partition coefficient (Wildman–Crippen LogP) is 1.18. The lowest BCUT2D eigenvalue weighted by molar-refractivity contribution is 0.475. The summed E-state index contributed by atoms with van der Waals surface area (Å²) >= 11 is 0. The highest BCUT2D eigenvalue weighted by Crippen LogP contribution is 2.20.